The molecule has 1 spiro atoms. The van der Waals surface area contributed by atoms with Crippen molar-refractivity contribution in [1.82, 2.24) is 39.7 Å². The SMILES string of the molecule is CC(C)Oc1ccc(-c2n[nH]c3ccc(N4CC[C@]5(CCN(CC(=O)N6CC=C(c7ccc(-c8ncn(C)n8)cc7F)CC6)C5)C4=O)cc23)cn1. The van der Waals surface area contributed by atoms with Gasteiger partial charge in [-0.05, 0) is 75.6 Å². The van der Waals surface area contributed by atoms with Crippen molar-refractivity contribution in [1.29, 1.82) is 0 Å². The molecule has 2 saturated heterocycles. The minimum Gasteiger partial charge on any atom is -0.475 e. The molecule has 262 valence electrons. The van der Waals surface area contributed by atoms with E-state index in [4.69, 9.17) is 4.74 Å². The lowest BCUT2D eigenvalue weighted by molar-refractivity contribution is -0.132. The van der Waals surface area contributed by atoms with Gasteiger partial charge in [-0.25, -0.2) is 14.4 Å². The molecule has 1 N–H and O–H groups in total. The number of fused-ring (bicyclic) bond motifs is 1. The van der Waals surface area contributed by atoms with Gasteiger partial charge in [-0.2, -0.15) is 10.2 Å². The largest absolute Gasteiger partial charge is 0.475 e. The van der Waals surface area contributed by atoms with Gasteiger partial charge in [-0.3, -0.25) is 24.3 Å². The topological polar surface area (TPSA) is 125 Å². The van der Waals surface area contributed by atoms with Crippen molar-refractivity contribution in [2.45, 2.75) is 39.2 Å². The molecule has 0 aliphatic carbocycles. The molecule has 6 heterocycles. The molecular weight excluding hydrogens is 649 g/mol. The molecular formula is C38H40FN9O3. The molecule has 12 nitrogen and oxygen atoms in total. The Morgan fingerprint density at radius 3 is 2.61 bits per heavy atom. The van der Waals surface area contributed by atoms with Crippen LogP contribution in [-0.4, -0.2) is 96.9 Å². The monoisotopic (exact) mass is 689 g/mol. The molecule has 1 atom stereocenters. The van der Waals surface area contributed by atoms with Gasteiger partial charge in [0.2, 0.25) is 17.7 Å². The Kier molecular flexibility index (Phi) is 8.37. The maximum Gasteiger partial charge on any atom is 0.237 e. The van der Waals surface area contributed by atoms with Gasteiger partial charge in [0.25, 0.3) is 0 Å². The molecule has 8 rings (SSSR count). The van der Waals surface area contributed by atoms with Crippen LogP contribution in [0.15, 0.2) is 67.1 Å². The second-order valence-electron chi connectivity index (χ2n) is 14.1. The van der Waals surface area contributed by atoms with E-state index in [1.54, 1.807) is 30.3 Å². The van der Waals surface area contributed by atoms with E-state index in [9.17, 15) is 9.59 Å². The number of benzene rings is 2. The van der Waals surface area contributed by atoms with Gasteiger partial charge < -0.3 is 14.5 Å². The summed E-state index contributed by atoms with van der Waals surface area (Å²) in [5.41, 5.74) is 4.89. The van der Waals surface area contributed by atoms with Gasteiger partial charge in [0, 0.05) is 73.3 Å². The number of carbonyl (C=O) groups is 2. The first-order valence-corrected chi connectivity index (χ1v) is 17.4. The first kappa shape index (κ1) is 32.8. The van der Waals surface area contributed by atoms with Crippen LogP contribution in [0.1, 0.15) is 38.7 Å². The molecule has 0 unspecified atom stereocenters. The molecule has 3 aliphatic rings. The number of ether oxygens (including phenoxy) is 1. The Balaban J connectivity index is 0.895. The second kappa shape index (κ2) is 13.0. The second-order valence-corrected chi connectivity index (χ2v) is 14.1. The summed E-state index contributed by atoms with van der Waals surface area (Å²) in [6.07, 6.45) is 7.34. The van der Waals surface area contributed by atoms with Crippen LogP contribution in [0.25, 0.3) is 39.1 Å². The Bertz CT molecular complexity index is 2160. The predicted molar refractivity (Wildman–Crippen MR) is 191 cm³/mol. The van der Waals surface area contributed by atoms with Crippen molar-refractivity contribution in [2.75, 3.05) is 44.2 Å². The third kappa shape index (κ3) is 6.26. The molecule has 2 fully saturated rings. The van der Waals surface area contributed by atoms with Crippen LogP contribution >= 0.6 is 0 Å². The number of likely N-dealkylation sites (tertiary alicyclic amines) is 1. The number of anilines is 1. The van der Waals surface area contributed by atoms with E-state index < -0.39 is 5.41 Å². The number of aromatic nitrogens is 6. The third-order valence-corrected chi connectivity index (χ3v) is 10.3. The Morgan fingerprint density at radius 1 is 1.04 bits per heavy atom. The quantitative estimate of drug-likeness (QED) is 0.239. The summed E-state index contributed by atoms with van der Waals surface area (Å²) in [6.45, 7) is 7.00. The first-order valence-electron chi connectivity index (χ1n) is 17.4. The highest BCUT2D eigenvalue weighted by Crippen LogP contribution is 2.43. The van der Waals surface area contributed by atoms with Crippen molar-refractivity contribution >= 4 is 34.0 Å². The minimum atomic E-state index is -0.506. The fourth-order valence-electron chi connectivity index (χ4n) is 7.58. The number of nitrogens with one attached hydrogen (secondary N) is 1. The normalized spacial score (nSPS) is 19.5. The van der Waals surface area contributed by atoms with E-state index in [0.717, 1.165) is 46.3 Å². The molecule has 5 aromatic rings. The zero-order valence-corrected chi connectivity index (χ0v) is 29.0. The summed E-state index contributed by atoms with van der Waals surface area (Å²) in [4.78, 5) is 41.9. The van der Waals surface area contributed by atoms with Crippen LogP contribution in [-0.2, 0) is 16.6 Å². The van der Waals surface area contributed by atoms with E-state index >= 15 is 4.39 Å². The number of aromatic amines is 1. The van der Waals surface area contributed by atoms with E-state index in [1.807, 2.05) is 66.1 Å². The number of H-pyrrole nitrogens is 1. The average molecular weight is 690 g/mol. The number of nitrogens with zero attached hydrogens (tertiary/aromatic N) is 8. The number of carbonyl (C=O) groups excluding carboxylic acids is 2. The number of halogens is 1. The van der Waals surface area contributed by atoms with Crippen LogP contribution in [0.3, 0.4) is 0 Å². The van der Waals surface area contributed by atoms with Crippen molar-refractivity contribution in [3.05, 3.63) is 78.5 Å². The molecule has 0 radical (unpaired) electrons. The summed E-state index contributed by atoms with van der Waals surface area (Å²) in [7, 11) is 1.77. The minimum absolute atomic E-state index is 0.0259. The lowest BCUT2D eigenvalue weighted by Crippen LogP contribution is -2.43. The van der Waals surface area contributed by atoms with Gasteiger partial charge in [-0.15, -0.1) is 0 Å². The zero-order valence-electron chi connectivity index (χ0n) is 29.0. The van der Waals surface area contributed by atoms with Crippen LogP contribution in [0, 0.1) is 11.2 Å². The van der Waals surface area contributed by atoms with Crippen LogP contribution < -0.4 is 9.64 Å². The summed E-state index contributed by atoms with van der Waals surface area (Å²) in [5, 5.41) is 12.8. The van der Waals surface area contributed by atoms with Crippen molar-refractivity contribution in [3.8, 4) is 28.5 Å². The standard InChI is InChI=1S/C38H40FN9O3/c1-24(2)51-33-9-5-27(20-40-33)35-30-19-28(6-8-32(30)42-43-35)48-17-13-38(37(48)50)12-16-46(22-38)21-34(49)47-14-10-25(11-15-47)29-7-4-26(18-31(29)39)36-41-23-45(3)44-36/h4-10,18-20,23-24H,11-17,21-22H2,1-3H3,(H,42,43)/t38-/m0/s1. The molecule has 3 aliphatic heterocycles. The van der Waals surface area contributed by atoms with Gasteiger partial charge in [0.05, 0.1) is 23.6 Å². The van der Waals surface area contributed by atoms with Crippen LogP contribution in [0.4, 0.5) is 10.1 Å². The number of hydrogen-bond acceptors (Lipinski definition) is 8. The number of hydrogen-bond donors (Lipinski definition) is 1. The highest BCUT2D eigenvalue weighted by Gasteiger charge is 2.51. The number of amides is 2. The van der Waals surface area contributed by atoms with Gasteiger partial charge in [0.15, 0.2) is 5.82 Å². The summed E-state index contributed by atoms with van der Waals surface area (Å²) < 4.78 is 22.4. The van der Waals surface area contributed by atoms with Crippen molar-refractivity contribution in [3.63, 3.8) is 0 Å². The maximum atomic E-state index is 15.1. The Morgan fingerprint density at radius 2 is 1.88 bits per heavy atom. The lowest BCUT2D eigenvalue weighted by atomic mass is 9.85. The van der Waals surface area contributed by atoms with Crippen molar-refractivity contribution < 1.29 is 18.7 Å². The molecule has 0 saturated carbocycles. The maximum absolute atomic E-state index is 15.1. The molecule has 0 bridgehead atoms. The molecule has 2 amide bonds. The highest BCUT2D eigenvalue weighted by atomic mass is 19.1. The average Bonchev–Trinajstić information content (AvgIpc) is 3.92. The number of pyridine rings is 1. The van der Waals surface area contributed by atoms with Gasteiger partial charge >= 0.3 is 0 Å². The van der Waals surface area contributed by atoms with Crippen LogP contribution in [0.5, 0.6) is 5.88 Å². The summed E-state index contributed by atoms with van der Waals surface area (Å²) in [6, 6.07) is 14.8. The Hall–Kier alpha value is -5.43. The van der Waals surface area contributed by atoms with E-state index in [2.05, 4.69) is 30.2 Å². The summed E-state index contributed by atoms with van der Waals surface area (Å²) >= 11 is 0. The Labute approximate surface area is 294 Å². The number of aryl methyl sites for hydroxylation is 1. The van der Waals surface area contributed by atoms with Crippen LogP contribution in [0.2, 0.25) is 0 Å². The first-order chi connectivity index (χ1) is 24.7. The fourth-order valence-corrected chi connectivity index (χ4v) is 7.58. The third-order valence-electron chi connectivity index (χ3n) is 10.3. The lowest BCUT2D eigenvalue weighted by Gasteiger charge is -2.29. The van der Waals surface area contributed by atoms with E-state index in [0.29, 0.717) is 62.0 Å². The van der Waals surface area contributed by atoms with Gasteiger partial charge in [0.1, 0.15) is 17.8 Å². The predicted octanol–water partition coefficient (Wildman–Crippen LogP) is 5.09. The van der Waals surface area contributed by atoms with Crippen molar-refractivity contribution in [2.24, 2.45) is 12.5 Å². The zero-order chi connectivity index (χ0) is 35.3. The summed E-state index contributed by atoms with van der Waals surface area (Å²) in [5.74, 6) is 0.847. The highest BCUT2D eigenvalue weighted by molar-refractivity contribution is 6.03. The van der Waals surface area contributed by atoms with E-state index in [1.165, 1.54) is 6.07 Å². The molecule has 51 heavy (non-hydrogen) atoms. The number of rotatable bonds is 8. The fraction of sp³-hybridized carbons (Fsp3) is 0.368. The van der Waals surface area contributed by atoms with E-state index in [-0.39, 0.29) is 30.3 Å². The molecule has 13 heteroatoms. The molecule has 3 aromatic heterocycles. The molecule has 2 aromatic carbocycles. The van der Waals surface area contributed by atoms with Gasteiger partial charge in [-0.1, -0.05) is 18.2 Å². The smallest absolute Gasteiger partial charge is 0.237 e.